The summed E-state index contributed by atoms with van der Waals surface area (Å²) in [5.74, 6) is 0.311. The van der Waals surface area contributed by atoms with E-state index < -0.39 is 5.60 Å². The number of hydrogen-bond donors (Lipinski definition) is 3. The number of rotatable bonds is 5. The molecule has 0 saturated heterocycles. The van der Waals surface area contributed by atoms with Gasteiger partial charge in [0.1, 0.15) is 5.75 Å². The summed E-state index contributed by atoms with van der Waals surface area (Å²) in [6.45, 7) is 2.09. The minimum atomic E-state index is -0.828. The maximum Gasteiger partial charge on any atom is 0.224 e. The van der Waals surface area contributed by atoms with Crippen molar-refractivity contribution in [1.29, 1.82) is 0 Å². The maximum absolute atomic E-state index is 11.9. The third-order valence-electron chi connectivity index (χ3n) is 4.15. The average Bonchev–Trinajstić information content (AvgIpc) is 2.91. The molecule has 4 heteroatoms. The van der Waals surface area contributed by atoms with Crippen molar-refractivity contribution < 1.29 is 15.0 Å². The van der Waals surface area contributed by atoms with E-state index in [9.17, 15) is 15.0 Å². The zero-order chi connectivity index (χ0) is 14.6. The molecule has 4 nitrogen and oxygen atoms in total. The molecule has 1 atom stereocenters. The number of nitrogens with one attached hydrogen (secondary N) is 1. The number of carbonyl (C=O) groups excluding carboxylic acids is 1. The highest BCUT2D eigenvalue weighted by Gasteiger charge is 2.34. The lowest BCUT2D eigenvalue weighted by Gasteiger charge is -2.30. The third-order valence-corrected chi connectivity index (χ3v) is 4.15. The number of hydrogen-bond acceptors (Lipinski definition) is 3. The van der Waals surface area contributed by atoms with Crippen molar-refractivity contribution in [2.45, 2.75) is 44.6 Å². The first-order valence-electron chi connectivity index (χ1n) is 7.24. The summed E-state index contributed by atoms with van der Waals surface area (Å²) in [4.78, 5) is 11.9. The van der Waals surface area contributed by atoms with E-state index in [0.717, 1.165) is 31.2 Å². The molecule has 1 amide bonds. The molecule has 0 spiro atoms. The zero-order valence-electron chi connectivity index (χ0n) is 11.9. The van der Waals surface area contributed by atoms with Gasteiger partial charge < -0.3 is 15.5 Å². The highest BCUT2D eigenvalue weighted by atomic mass is 16.3. The van der Waals surface area contributed by atoms with E-state index in [2.05, 4.69) is 5.32 Å². The van der Waals surface area contributed by atoms with E-state index in [-0.39, 0.29) is 30.5 Å². The SMILES string of the molecule is CC(O)(CNC(=O)Cc1cccc(O)c1)C1CCCC1. The normalized spacial score (nSPS) is 18.7. The Morgan fingerprint density at radius 2 is 2.10 bits per heavy atom. The number of aromatic hydroxyl groups is 1. The molecule has 1 aliphatic carbocycles. The van der Waals surface area contributed by atoms with Crippen LogP contribution in [0.25, 0.3) is 0 Å². The lowest BCUT2D eigenvalue weighted by atomic mass is 9.87. The number of amides is 1. The molecule has 1 unspecified atom stereocenters. The number of aliphatic hydroxyl groups is 1. The van der Waals surface area contributed by atoms with Crippen molar-refractivity contribution in [1.82, 2.24) is 5.32 Å². The number of carbonyl (C=O) groups is 1. The van der Waals surface area contributed by atoms with E-state index in [1.807, 2.05) is 0 Å². The quantitative estimate of drug-likeness (QED) is 0.771. The molecule has 2 rings (SSSR count). The fraction of sp³-hybridized carbons (Fsp3) is 0.562. The van der Waals surface area contributed by atoms with Gasteiger partial charge in [0.05, 0.1) is 12.0 Å². The summed E-state index contributed by atoms with van der Waals surface area (Å²) < 4.78 is 0. The molecule has 0 bridgehead atoms. The van der Waals surface area contributed by atoms with Crippen LogP contribution >= 0.6 is 0 Å². The molecule has 0 radical (unpaired) electrons. The Kier molecular flexibility index (Phi) is 4.65. The standard InChI is InChI=1S/C16H23NO3/c1-16(20,13-6-2-3-7-13)11-17-15(19)10-12-5-4-8-14(18)9-12/h4-5,8-9,13,18,20H,2-3,6-7,10-11H2,1H3,(H,17,19). The molecule has 1 saturated carbocycles. The fourth-order valence-corrected chi connectivity index (χ4v) is 2.88. The van der Waals surface area contributed by atoms with Crippen LogP contribution < -0.4 is 5.32 Å². The maximum atomic E-state index is 11.9. The highest BCUT2D eigenvalue weighted by molar-refractivity contribution is 5.78. The summed E-state index contributed by atoms with van der Waals surface area (Å²) in [7, 11) is 0. The van der Waals surface area contributed by atoms with Gasteiger partial charge in [-0.25, -0.2) is 0 Å². The zero-order valence-corrected chi connectivity index (χ0v) is 11.9. The molecule has 1 fully saturated rings. The lowest BCUT2D eigenvalue weighted by molar-refractivity contribution is -0.122. The molecule has 1 aliphatic rings. The molecule has 1 aromatic carbocycles. The van der Waals surface area contributed by atoms with Crippen LogP contribution in [0.2, 0.25) is 0 Å². The minimum Gasteiger partial charge on any atom is -0.508 e. The molecule has 1 aromatic rings. The first-order chi connectivity index (χ1) is 9.47. The molecule has 0 aromatic heterocycles. The Bertz CT molecular complexity index is 465. The third kappa shape index (κ3) is 3.97. The Morgan fingerprint density at radius 3 is 2.75 bits per heavy atom. The monoisotopic (exact) mass is 277 g/mol. The van der Waals surface area contributed by atoms with Gasteiger partial charge in [0.25, 0.3) is 0 Å². The van der Waals surface area contributed by atoms with Crippen LogP contribution in [0.3, 0.4) is 0 Å². The molecular weight excluding hydrogens is 254 g/mol. The van der Waals surface area contributed by atoms with Crippen LogP contribution in [0, 0.1) is 5.92 Å². The predicted octanol–water partition coefficient (Wildman–Crippen LogP) is 1.99. The second kappa shape index (κ2) is 6.27. The van der Waals surface area contributed by atoms with Crippen molar-refractivity contribution >= 4 is 5.91 Å². The molecular formula is C16H23NO3. The molecule has 0 heterocycles. The van der Waals surface area contributed by atoms with Crippen molar-refractivity contribution in [3.8, 4) is 5.75 Å². The van der Waals surface area contributed by atoms with E-state index in [1.54, 1.807) is 31.2 Å². The second-order valence-electron chi connectivity index (χ2n) is 5.96. The fourth-order valence-electron chi connectivity index (χ4n) is 2.88. The van der Waals surface area contributed by atoms with Gasteiger partial charge in [0, 0.05) is 6.54 Å². The number of phenolic OH excluding ortho intramolecular Hbond substituents is 1. The van der Waals surface area contributed by atoms with Crippen molar-refractivity contribution in [2.24, 2.45) is 5.92 Å². The first kappa shape index (κ1) is 14.9. The van der Waals surface area contributed by atoms with Crippen LogP contribution in [0.1, 0.15) is 38.2 Å². The molecule has 110 valence electrons. The van der Waals surface area contributed by atoms with Crippen LogP contribution in [0.15, 0.2) is 24.3 Å². The largest absolute Gasteiger partial charge is 0.508 e. The van der Waals surface area contributed by atoms with Crippen LogP contribution in [0.4, 0.5) is 0 Å². The van der Waals surface area contributed by atoms with Gasteiger partial charge >= 0.3 is 0 Å². The summed E-state index contributed by atoms with van der Waals surface area (Å²) >= 11 is 0. The molecule has 3 N–H and O–H groups in total. The number of benzene rings is 1. The van der Waals surface area contributed by atoms with Gasteiger partial charge in [-0.05, 0) is 43.4 Å². The summed E-state index contributed by atoms with van der Waals surface area (Å²) in [6, 6.07) is 6.67. The van der Waals surface area contributed by atoms with Crippen LogP contribution in [-0.4, -0.2) is 28.3 Å². The van der Waals surface area contributed by atoms with Crippen LogP contribution in [0.5, 0.6) is 5.75 Å². The van der Waals surface area contributed by atoms with Crippen LogP contribution in [-0.2, 0) is 11.2 Å². The van der Waals surface area contributed by atoms with Gasteiger partial charge in [-0.3, -0.25) is 4.79 Å². The van der Waals surface area contributed by atoms with E-state index >= 15 is 0 Å². The smallest absolute Gasteiger partial charge is 0.224 e. The van der Waals surface area contributed by atoms with Crippen molar-refractivity contribution in [2.75, 3.05) is 6.54 Å². The average molecular weight is 277 g/mol. The lowest BCUT2D eigenvalue weighted by Crippen LogP contribution is -2.45. The summed E-state index contributed by atoms with van der Waals surface area (Å²) in [6.07, 6.45) is 4.62. The molecule has 20 heavy (non-hydrogen) atoms. The van der Waals surface area contributed by atoms with E-state index in [1.165, 1.54) is 0 Å². The second-order valence-corrected chi connectivity index (χ2v) is 5.96. The van der Waals surface area contributed by atoms with Crippen molar-refractivity contribution in [3.05, 3.63) is 29.8 Å². The predicted molar refractivity (Wildman–Crippen MR) is 77.4 cm³/mol. The van der Waals surface area contributed by atoms with Gasteiger partial charge in [-0.1, -0.05) is 25.0 Å². The Morgan fingerprint density at radius 1 is 1.40 bits per heavy atom. The summed E-state index contributed by atoms with van der Waals surface area (Å²) in [5, 5.41) is 22.6. The highest BCUT2D eigenvalue weighted by Crippen LogP contribution is 2.33. The number of phenols is 1. The van der Waals surface area contributed by atoms with E-state index in [4.69, 9.17) is 0 Å². The summed E-state index contributed by atoms with van der Waals surface area (Å²) in [5.41, 5.74) is -0.0617. The van der Waals surface area contributed by atoms with Gasteiger partial charge in [0.15, 0.2) is 0 Å². The van der Waals surface area contributed by atoms with Crippen molar-refractivity contribution in [3.63, 3.8) is 0 Å². The van der Waals surface area contributed by atoms with Gasteiger partial charge in [0.2, 0.25) is 5.91 Å². The molecule has 0 aliphatic heterocycles. The Labute approximate surface area is 119 Å². The Balaban J connectivity index is 1.82. The van der Waals surface area contributed by atoms with Gasteiger partial charge in [-0.2, -0.15) is 0 Å². The topological polar surface area (TPSA) is 69.6 Å². The van der Waals surface area contributed by atoms with E-state index in [0.29, 0.717) is 0 Å². The van der Waals surface area contributed by atoms with Gasteiger partial charge in [-0.15, -0.1) is 0 Å². The minimum absolute atomic E-state index is 0.131. The first-order valence-corrected chi connectivity index (χ1v) is 7.24. The Hall–Kier alpha value is -1.55.